The first-order valence-corrected chi connectivity index (χ1v) is 21.4. The van der Waals surface area contributed by atoms with Gasteiger partial charge in [-0.25, -0.2) is 9.59 Å². The third-order valence-electron chi connectivity index (χ3n) is 10.4. The van der Waals surface area contributed by atoms with Gasteiger partial charge in [0.2, 0.25) is 6.29 Å². The number of carboxylic acids is 1. The van der Waals surface area contributed by atoms with Crippen LogP contribution in [0.3, 0.4) is 0 Å². The first kappa shape index (κ1) is 46.8. The Morgan fingerprint density at radius 3 is 1.77 bits per heavy atom. The number of hydrogen-bond acceptors (Lipinski definition) is 7. The molecule has 0 bridgehead atoms. The smallest absolute Gasteiger partial charge is 0.336 e. The van der Waals surface area contributed by atoms with Crippen molar-refractivity contribution < 1.29 is 38.4 Å². The lowest BCUT2D eigenvalue weighted by Crippen LogP contribution is -2.30. The average molecular weight is 785 g/mol. The molecule has 0 heterocycles. The Labute approximate surface area is 342 Å². The molecule has 8 heteroatoms. The van der Waals surface area contributed by atoms with Gasteiger partial charge < -0.3 is 24.1 Å². The van der Waals surface area contributed by atoms with Gasteiger partial charge >= 0.3 is 17.9 Å². The molecule has 3 rings (SSSR count). The minimum atomic E-state index is -0.919. The van der Waals surface area contributed by atoms with Crippen molar-refractivity contribution in [1.82, 2.24) is 0 Å². The highest BCUT2D eigenvalue weighted by Gasteiger charge is 2.36. The molecule has 1 aliphatic rings. The van der Waals surface area contributed by atoms with Gasteiger partial charge in [0.05, 0.1) is 24.5 Å². The van der Waals surface area contributed by atoms with Gasteiger partial charge in [-0.2, -0.15) is 0 Å². The summed E-state index contributed by atoms with van der Waals surface area (Å²) in [6.45, 7) is 14.0. The van der Waals surface area contributed by atoms with Crippen LogP contribution in [0.1, 0.15) is 147 Å². The van der Waals surface area contributed by atoms with Gasteiger partial charge in [-0.15, -0.1) is 0 Å². The van der Waals surface area contributed by atoms with E-state index in [0.29, 0.717) is 36.5 Å². The monoisotopic (exact) mass is 784 g/mol. The van der Waals surface area contributed by atoms with Crippen molar-refractivity contribution in [3.05, 3.63) is 108 Å². The maximum Gasteiger partial charge on any atom is 0.336 e. The number of rotatable bonds is 30. The number of para-hydroxylation sites is 1. The van der Waals surface area contributed by atoms with Gasteiger partial charge in [0.15, 0.2) is 0 Å². The third-order valence-corrected chi connectivity index (χ3v) is 10.4. The number of carboxylic acid groups (broad SMARTS) is 1. The minimum absolute atomic E-state index is 0.307. The predicted octanol–water partition coefficient (Wildman–Crippen LogP) is 12.2. The van der Waals surface area contributed by atoms with Crippen molar-refractivity contribution >= 4 is 17.9 Å². The van der Waals surface area contributed by atoms with E-state index in [9.17, 15) is 19.5 Å². The summed E-state index contributed by atoms with van der Waals surface area (Å²) in [5, 5.41) is 9.79. The summed E-state index contributed by atoms with van der Waals surface area (Å²) in [5.74, 6) is -1.13. The summed E-state index contributed by atoms with van der Waals surface area (Å²) < 4.78 is 23.6. The fourth-order valence-corrected chi connectivity index (χ4v) is 6.93. The third kappa shape index (κ3) is 16.8. The molecule has 0 saturated heterocycles. The highest BCUT2D eigenvalue weighted by atomic mass is 16.7. The molecule has 0 saturated carbocycles. The Kier molecular flexibility index (Phi) is 21.6. The zero-order chi connectivity index (χ0) is 41.3. The van der Waals surface area contributed by atoms with Gasteiger partial charge in [-0.05, 0) is 56.9 Å². The fourth-order valence-electron chi connectivity index (χ4n) is 6.93. The lowest BCUT2D eigenvalue weighted by Gasteiger charge is -2.34. The van der Waals surface area contributed by atoms with Crippen molar-refractivity contribution in [2.24, 2.45) is 5.92 Å². The summed E-state index contributed by atoms with van der Waals surface area (Å²) in [7, 11) is 0. The molecule has 57 heavy (non-hydrogen) atoms. The average Bonchev–Trinajstić information content (AvgIpc) is 3.20. The molecule has 8 nitrogen and oxygen atoms in total. The van der Waals surface area contributed by atoms with Crippen LogP contribution in [0.25, 0.3) is 0 Å². The lowest BCUT2D eigenvalue weighted by molar-refractivity contribution is -0.159. The van der Waals surface area contributed by atoms with Crippen molar-refractivity contribution in [3.8, 4) is 11.5 Å². The van der Waals surface area contributed by atoms with Gasteiger partial charge in [-0.1, -0.05) is 165 Å². The Morgan fingerprint density at radius 1 is 0.684 bits per heavy atom. The van der Waals surface area contributed by atoms with E-state index in [1.807, 2.05) is 60.7 Å². The maximum absolute atomic E-state index is 12.7. The van der Waals surface area contributed by atoms with Gasteiger partial charge in [0.25, 0.3) is 0 Å². The summed E-state index contributed by atoms with van der Waals surface area (Å²) in [4.78, 5) is 36.1. The van der Waals surface area contributed by atoms with E-state index in [-0.39, 0.29) is 5.97 Å². The van der Waals surface area contributed by atoms with Crippen LogP contribution in [0, 0.1) is 5.92 Å². The highest BCUT2D eigenvalue weighted by molar-refractivity contribution is 5.87. The largest absolute Gasteiger partial charge is 0.494 e. The molecule has 2 aromatic rings. The normalized spacial score (nSPS) is 16.4. The molecule has 0 spiro atoms. The number of esters is 2. The van der Waals surface area contributed by atoms with E-state index in [2.05, 4.69) is 20.1 Å². The van der Waals surface area contributed by atoms with E-state index >= 15 is 0 Å². The van der Waals surface area contributed by atoms with E-state index in [0.717, 1.165) is 68.2 Å². The van der Waals surface area contributed by atoms with Crippen LogP contribution in [0.5, 0.6) is 11.5 Å². The van der Waals surface area contributed by atoms with Gasteiger partial charge in [0, 0.05) is 23.1 Å². The first-order valence-electron chi connectivity index (χ1n) is 21.4. The van der Waals surface area contributed by atoms with E-state index in [4.69, 9.17) is 18.9 Å². The molecule has 0 aliphatic heterocycles. The number of unbranched alkanes of at least 4 members (excludes halogenated alkanes) is 15. The summed E-state index contributed by atoms with van der Waals surface area (Å²) in [6, 6.07) is 15.7. The lowest BCUT2D eigenvalue weighted by atomic mass is 9.70. The number of hydrogen-bond donors (Lipinski definition) is 1. The van der Waals surface area contributed by atoms with Crippen LogP contribution in [0.15, 0.2) is 97.1 Å². The molecule has 312 valence electrons. The Balaban J connectivity index is 1.60. The molecule has 1 unspecified atom stereocenters. The molecule has 1 N–H and O–H groups in total. The minimum Gasteiger partial charge on any atom is -0.494 e. The fraction of sp³-hybridized carbons (Fsp3) is 0.531. The predicted molar refractivity (Wildman–Crippen MR) is 228 cm³/mol. The zero-order valence-corrected chi connectivity index (χ0v) is 34.9. The molecule has 0 radical (unpaired) electrons. The SMILES string of the molecule is C=C(C)C(=O)OCCCCCCCCCCCOc1ccc(C2(c3ccccc3OC(CCCCCCCCCC)OC(=O)C(=C)C)C=CC(C(=O)O)C=C2)cc1. The number of benzene rings is 2. The standard InChI is InChI=1S/C49H68O8/c1-6-7-8-9-10-14-17-20-27-45(57-48(53)39(4)5)56-44-26-22-21-25-43(44)49(34-32-40(33-35-49)46(50)51)41-28-30-42(31-29-41)54-36-23-18-15-12-11-13-16-19-24-37-55-47(52)38(2)3/h21-22,25-26,28-35,40,45H,2,4,6-20,23-24,27,36-37H2,1,3,5H3,(H,50,51). The van der Waals surface area contributed by atoms with Crippen LogP contribution >= 0.6 is 0 Å². The zero-order valence-electron chi connectivity index (χ0n) is 34.9. The van der Waals surface area contributed by atoms with Gasteiger partial charge in [-0.3, -0.25) is 4.79 Å². The Bertz CT molecular complexity index is 1590. The van der Waals surface area contributed by atoms with Crippen molar-refractivity contribution in [1.29, 1.82) is 0 Å². The quantitative estimate of drug-likeness (QED) is 0.0274. The summed E-state index contributed by atoms with van der Waals surface area (Å²) >= 11 is 0. The Hall–Kier alpha value is -4.59. The van der Waals surface area contributed by atoms with Gasteiger partial charge in [0.1, 0.15) is 11.5 Å². The molecule has 0 fully saturated rings. The van der Waals surface area contributed by atoms with Crippen molar-refractivity contribution in [3.63, 3.8) is 0 Å². The maximum atomic E-state index is 12.7. The molecule has 1 aliphatic carbocycles. The number of carbonyl (C=O) groups excluding carboxylic acids is 2. The van der Waals surface area contributed by atoms with Crippen LogP contribution in [-0.2, 0) is 29.3 Å². The molecule has 0 amide bonds. The van der Waals surface area contributed by atoms with Crippen LogP contribution < -0.4 is 9.47 Å². The second-order valence-corrected chi connectivity index (χ2v) is 15.4. The van der Waals surface area contributed by atoms with Crippen molar-refractivity contribution in [2.75, 3.05) is 13.2 Å². The van der Waals surface area contributed by atoms with E-state index in [1.54, 1.807) is 26.0 Å². The molecule has 2 aromatic carbocycles. The molecular formula is C49H68O8. The molecule has 1 atom stereocenters. The number of aliphatic carboxylic acids is 1. The number of allylic oxidation sites excluding steroid dienone is 2. The van der Waals surface area contributed by atoms with Crippen LogP contribution in [-0.4, -0.2) is 42.5 Å². The second kappa shape index (κ2) is 26.4. The first-order chi connectivity index (χ1) is 27.6. The van der Waals surface area contributed by atoms with Crippen molar-refractivity contribution in [2.45, 2.75) is 148 Å². The highest BCUT2D eigenvalue weighted by Crippen LogP contribution is 2.44. The summed E-state index contributed by atoms with van der Waals surface area (Å²) in [6.07, 6.45) is 26.2. The van der Waals surface area contributed by atoms with Crippen LogP contribution in [0.2, 0.25) is 0 Å². The molecular weight excluding hydrogens is 717 g/mol. The van der Waals surface area contributed by atoms with E-state index in [1.165, 1.54) is 57.8 Å². The Morgan fingerprint density at radius 2 is 1.21 bits per heavy atom. The van der Waals surface area contributed by atoms with Crippen LogP contribution in [0.4, 0.5) is 0 Å². The summed E-state index contributed by atoms with van der Waals surface area (Å²) in [5.41, 5.74) is 1.66. The number of ether oxygens (including phenoxy) is 4. The second-order valence-electron chi connectivity index (χ2n) is 15.4. The topological polar surface area (TPSA) is 108 Å². The molecule has 0 aromatic heterocycles. The number of carbonyl (C=O) groups is 3. The van der Waals surface area contributed by atoms with E-state index < -0.39 is 29.6 Å².